The summed E-state index contributed by atoms with van der Waals surface area (Å²) < 4.78 is 0. The quantitative estimate of drug-likeness (QED) is 0.826. The van der Waals surface area contributed by atoms with Crippen LogP contribution in [0.25, 0.3) is 11.1 Å². The monoisotopic (exact) mass is 226 g/mol. The summed E-state index contributed by atoms with van der Waals surface area (Å²) in [6.45, 7) is 6.54. The van der Waals surface area contributed by atoms with E-state index in [1.807, 2.05) is 12.1 Å². The fourth-order valence-electron chi connectivity index (χ4n) is 2.11. The van der Waals surface area contributed by atoms with Crippen LogP contribution in [0.5, 0.6) is 0 Å². The summed E-state index contributed by atoms with van der Waals surface area (Å²) in [6.07, 6.45) is 0. The Bertz CT molecular complexity index is 541. The van der Waals surface area contributed by atoms with E-state index in [0.29, 0.717) is 0 Å². The molecule has 2 aromatic rings. The van der Waals surface area contributed by atoms with Gasteiger partial charge in [0.1, 0.15) is 0 Å². The lowest BCUT2D eigenvalue weighted by atomic mass is 9.93. The summed E-state index contributed by atoms with van der Waals surface area (Å²) in [4.78, 5) is 0. The highest BCUT2D eigenvalue weighted by molar-refractivity contribution is 5.69. The molecular formula is C16H18O. The van der Waals surface area contributed by atoms with Crippen molar-refractivity contribution >= 4 is 0 Å². The maximum Gasteiger partial charge on any atom is 0.0682 e. The number of rotatable bonds is 2. The van der Waals surface area contributed by atoms with Crippen LogP contribution in [-0.4, -0.2) is 5.11 Å². The first-order chi connectivity index (χ1) is 8.13. The summed E-state index contributed by atoms with van der Waals surface area (Å²) in [5.74, 6) is 0. The van der Waals surface area contributed by atoms with Crippen molar-refractivity contribution in [1.29, 1.82) is 0 Å². The van der Waals surface area contributed by atoms with Gasteiger partial charge in [0.25, 0.3) is 0 Å². The van der Waals surface area contributed by atoms with Gasteiger partial charge in [0, 0.05) is 0 Å². The molecule has 0 saturated heterocycles. The second-order valence-electron chi connectivity index (χ2n) is 4.54. The average Bonchev–Trinajstić information content (AvgIpc) is 2.36. The highest BCUT2D eigenvalue weighted by Gasteiger charge is 2.06. The van der Waals surface area contributed by atoms with E-state index in [1.54, 1.807) is 0 Å². The van der Waals surface area contributed by atoms with Gasteiger partial charge in [0.15, 0.2) is 0 Å². The lowest BCUT2D eigenvalue weighted by molar-refractivity contribution is 0.282. The van der Waals surface area contributed by atoms with E-state index in [-0.39, 0.29) is 6.61 Å². The molecular weight excluding hydrogens is 208 g/mol. The molecule has 0 heterocycles. The summed E-state index contributed by atoms with van der Waals surface area (Å²) in [7, 11) is 0. The lowest BCUT2D eigenvalue weighted by Gasteiger charge is -2.12. The second kappa shape index (κ2) is 4.72. The first kappa shape index (κ1) is 11.9. The van der Waals surface area contributed by atoms with E-state index in [1.165, 1.54) is 27.8 Å². The van der Waals surface area contributed by atoms with Gasteiger partial charge in [0.2, 0.25) is 0 Å². The molecule has 0 aliphatic carbocycles. The lowest BCUT2D eigenvalue weighted by Crippen LogP contribution is -1.91. The van der Waals surface area contributed by atoms with Crippen LogP contribution in [0.4, 0.5) is 0 Å². The molecule has 17 heavy (non-hydrogen) atoms. The molecule has 88 valence electrons. The van der Waals surface area contributed by atoms with Gasteiger partial charge in [-0.05, 0) is 60.2 Å². The molecule has 0 spiro atoms. The zero-order valence-electron chi connectivity index (χ0n) is 10.6. The van der Waals surface area contributed by atoms with Crippen LogP contribution in [0.3, 0.4) is 0 Å². The third kappa shape index (κ3) is 2.25. The first-order valence-electron chi connectivity index (χ1n) is 5.90. The molecule has 0 saturated carbocycles. The molecule has 2 aromatic carbocycles. The van der Waals surface area contributed by atoms with E-state index < -0.39 is 0 Å². The van der Waals surface area contributed by atoms with Crippen LogP contribution in [0.15, 0.2) is 36.4 Å². The fourth-order valence-corrected chi connectivity index (χ4v) is 2.11. The molecule has 0 radical (unpaired) electrons. The minimum atomic E-state index is 0.0950. The van der Waals surface area contributed by atoms with Crippen molar-refractivity contribution < 1.29 is 5.11 Å². The van der Waals surface area contributed by atoms with Crippen LogP contribution in [0.1, 0.15) is 22.3 Å². The molecule has 0 atom stereocenters. The summed E-state index contributed by atoms with van der Waals surface area (Å²) in [5.41, 5.74) is 7.38. The van der Waals surface area contributed by atoms with Gasteiger partial charge in [0.05, 0.1) is 6.61 Å². The van der Waals surface area contributed by atoms with Gasteiger partial charge in [-0.15, -0.1) is 0 Å². The third-order valence-electron chi connectivity index (χ3n) is 3.48. The zero-order valence-corrected chi connectivity index (χ0v) is 10.6. The van der Waals surface area contributed by atoms with Crippen LogP contribution in [0.2, 0.25) is 0 Å². The van der Waals surface area contributed by atoms with Crippen LogP contribution >= 0.6 is 0 Å². The Morgan fingerprint density at radius 2 is 1.71 bits per heavy atom. The molecule has 1 N–H and O–H groups in total. The van der Waals surface area contributed by atoms with Crippen molar-refractivity contribution in [2.24, 2.45) is 0 Å². The molecule has 0 amide bonds. The second-order valence-corrected chi connectivity index (χ2v) is 4.54. The third-order valence-corrected chi connectivity index (χ3v) is 3.48. The van der Waals surface area contributed by atoms with Gasteiger partial charge in [-0.25, -0.2) is 0 Å². The molecule has 0 aliphatic heterocycles. The summed E-state index contributed by atoms with van der Waals surface area (Å²) in [5, 5.41) is 9.18. The molecule has 1 nitrogen and oxygen atoms in total. The number of aliphatic hydroxyl groups excluding tert-OH is 1. The van der Waals surface area contributed by atoms with Crippen LogP contribution < -0.4 is 0 Å². The van der Waals surface area contributed by atoms with E-state index in [0.717, 1.165) is 5.56 Å². The molecule has 2 rings (SSSR count). The van der Waals surface area contributed by atoms with Gasteiger partial charge in [-0.2, -0.15) is 0 Å². The summed E-state index contributed by atoms with van der Waals surface area (Å²) >= 11 is 0. The number of aryl methyl sites for hydroxylation is 1. The molecule has 0 bridgehead atoms. The van der Waals surface area contributed by atoms with Gasteiger partial charge in [-0.1, -0.05) is 30.3 Å². The zero-order chi connectivity index (χ0) is 12.4. The van der Waals surface area contributed by atoms with E-state index in [9.17, 15) is 5.11 Å². The smallest absolute Gasteiger partial charge is 0.0682 e. The Balaban J connectivity index is 2.56. The highest BCUT2D eigenvalue weighted by atomic mass is 16.3. The molecule has 0 aliphatic rings. The van der Waals surface area contributed by atoms with Crippen molar-refractivity contribution in [3.63, 3.8) is 0 Å². The van der Waals surface area contributed by atoms with Crippen molar-refractivity contribution in [2.75, 3.05) is 0 Å². The van der Waals surface area contributed by atoms with Crippen LogP contribution in [-0.2, 0) is 6.61 Å². The summed E-state index contributed by atoms with van der Waals surface area (Å²) in [6, 6.07) is 12.4. The maximum atomic E-state index is 9.18. The molecule has 1 heteroatoms. The van der Waals surface area contributed by atoms with E-state index >= 15 is 0 Å². The normalized spacial score (nSPS) is 10.6. The molecule has 0 fully saturated rings. The number of hydrogen-bond acceptors (Lipinski definition) is 1. The van der Waals surface area contributed by atoms with Crippen LogP contribution in [0, 0.1) is 20.8 Å². The topological polar surface area (TPSA) is 20.2 Å². The standard InChI is InChI=1S/C16H18O/c1-11-7-8-16(13(3)12(11)2)15-6-4-5-14(9-15)10-17/h4-9,17H,10H2,1-3H3. The van der Waals surface area contributed by atoms with Gasteiger partial charge in [-0.3, -0.25) is 0 Å². The fraction of sp³-hybridized carbons (Fsp3) is 0.250. The van der Waals surface area contributed by atoms with Crippen molar-refractivity contribution in [3.8, 4) is 11.1 Å². The Hall–Kier alpha value is -1.60. The molecule has 0 unspecified atom stereocenters. The predicted octanol–water partition coefficient (Wildman–Crippen LogP) is 3.77. The Kier molecular flexibility index (Phi) is 3.30. The average molecular weight is 226 g/mol. The minimum Gasteiger partial charge on any atom is -0.392 e. The maximum absolute atomic E-state index is 9.18. The molecule has 0 aromatic heterocycles. The van der Waals surface area contributed by atoms with E-state index in [2.05, 4.69) is 45.0 Å². The largest absolute Gasteiger partial charge is 0.392 e. The van der Waals surface area contributed by atoms with Crippen molar-refractivity contribution in [2.45, 2.75) is 27.4 Å². The van der Waals surface area contributed by atoms with Crippen molar-refractivity contribution in [3.05, 3.63) is 58.7 Å². The first-order valence-corrected chi connectivity index (χ1v) is 5.90. The van der Waals surface area contributed by atoms with Gasteiger partial charge < -0.3 is 5.11 Å². The number of hydrogen-bond donors (Lipinski definition) is 1. The van der Waals surface area contributed by atoms with E-state index in [4.69, 9.17) is 0 Å². The number of benzene rings is 2. The minimum absolute atomic E-state index is 0.0950. The highest BCUT2D eigenvalue weighted by Crippen LogP contribution is 2.27. The number of aliphatic hydroxyl groups is 1. The van der Waals surface area contributed by atoms with Crippen molar-refractivity contribution in [1.82, 2.24) is 0 Å². The van der Waals surface area contributed by atoms with Gasteiger partial charge >= 0.3 is 0 Å². The Morgan fingerprint density at radius 1 is 0.941 bits per heavy atom. The SMILES string of the molecule is Cc1ccc(-c2cccc(CO)c2)c(C)c1C. The Labute approximate surface area is 103 Å². The predicted molar refractivity (Wildman–Crippen MR) is 72.0 cm³/mol. The Morgan fingerprint density at radius 3 is 2.41 bits per heavy atom.